The van der Waals surface area contributed by atoms with Crippen LogP contribution in [0.15, 0.2) is 24.3 Å². The summed E-state index contributed by atoms with van der Waals surface area (Å²) in [7, 11) is 0. The summed E-state index contributed by atoms with van der Waals surface area (Å²) in [5.41, 5.74) is 1.68. The lowest BCUT2D eigenvalue weighted by atomic mass is 10.0. The Balaban J connectivity index is 2.13. The van der Waals surface area contributed by atoms with Gasteiger partial charge in [0, 0.05) is 24.5 Å². The second-order valence-electron chi connectivity index (χ2n) is 4.78. The number of rotatable bonds is 4. The highest BCUT2D eigenvalue weighted by Crippen LogP contribution is 2.36. The van der Waals surface area contributed by atoms with Gasteiger partial charge < -0.3 is 14.6 Å². The molecule has 2 rings (SSSR count). The van der Waals surface area contributed by atoms with Crippen molar-refractivity contribution >= 4 is 11.8 Å². The number of benzene rings is 1. The average Bonchev–Trinajstić information content (AvgIpc) is 2.77. The maximum absolute atomic E-state index is 11.4. The van der Waals surface area contributed by atoms with E-state index in [9.17, 15) is 14.7 Å². The van der Waals surface area contributed by atoms with E-state index in [0.717, 1.165) is 5.56 Å². The van der Waals surface area contributed by atoms with Crippen LogP contribution < -0.4 is 4.74 Å². The van der Waals surface area contributed by atoms with Gasteiger partial charge >= 0.3 is 5.97 Å². The predicted octanol–water partition coefficient (Wildman–Crippen LogP) is 2.02. The van der Waals surface area contributed by atoms with Crippen LogP contribution in [0.5, 0.6) is 11.5 Å². The molecule has 1 aromatic rings. The number of aromatic hydroxyl groups is 1. The largest absolute Gasteiger partial charge is 0.507 e. The number of phenols is 1. The number of ether oxygens (including phenoxy) is 2. The molecule has 1 heterocycles. The SMILES string of the molecule is C=C(COC(C)=O)C1Cc2cc(O)c(C(C)=O)cc2O1. The highest BCUT2D eigenvalue weighted by Gasteiger charge is 2.27. The van der Waals surface area contributed by atoms with Crippen molar-refractivity contribution in [1.29, 1.82) is 0 Å². The first kappa shape index (κ1) is 14.1. The highest BCUT2D eigenvalue weighted by atomic mass is 16.5. The third-order valence-corrected chi connectivity index (χ3v) is 3.15. The standard InChI is InChI=1S/C15H16O5/c1-8(7-19-10(3)17)14-5-11-4-13(18)12(9(2)16)6-15(11)20-14/h4,6,14,18H,1,5,7H2,2-3H3. The van der Waals surface area contributed by atoms with Gasteiger partial charge in [0.25, 0.3) is 0 Å². The number of Topliss-reactive ketones (excluding diaryl/α,β-unsaturated/α-hetero) is 1. The van der Waals surface area contributed by atoms with Crippen LogP contribution in [0.3, 0.4) is 0 Å². The van der Waals surface area contributed by atoms with Crippen molar-refractivity contribution < 1.29 is 24.2 Å². The summed E-state index contributed by atoms with van der Waals surface area (Å²) in [5, 5.41) is 9.78. The number of fused-ring (bicyclic) bond motifs is 1. The van der Waals surface area contributed by atoms with Gasteiger partial charge in [-0.15, -0.1) is 0 Å². The Bertz CT molecular complexity index is 588. The molecule has 0 fully saturated rings. The summed E-state index contributed by atoms with van der Waals surface area (Å²) in [4.78, 5) is 22.1. The van der Waals surface area contributed by atoms with E-state index in [1.807, 2.05) is 0 Å². The number of hydrogen-bond acceptors (Lipinski definition) is 5. The molecule has 0 bridgehead atoms. The van der Waals surface area contributed by atoms with Gasteiger partial charge in [0.1, 0.15) is 24.2 Å². The Labute approximate surface area is 116 Å². The molecule has 0 aromatic heterocycles. The highest BCUT2D eigenvalue weighted by molar-refractivity contribution is 5.97. The van der Waals surface area contributed by atoms with E-state index in [-0.39, 0.29) is 35.8 Å². The zero-order valence-corrected chi connectivity index (χ0v) is 11.4. The fourth-order valence-corrected chi connectivity index (χ4v) is 2.07. The molecule has 0 saturated heterocycles. The smallest absolute Gasteiger partial charge is 0.302 e. The van der Waals surface area contributed by atoms with Crippen molar-refractivity contribution in [3.63, 3.8) is 0 Å². The first-order valence-electron chi connectivity index (χ1n) is 6.23. The number of carbonyl (C=O) groups is 2. The molecule has 1 unspecified atom stereocenters. The van der Waals surface area contributed by atoms with Gasteiger partial charge in [-0.1, -0.05) is 6.58 Å². The second kappa shape index (κ2) is 5.36. The van der Waals surface area contributed by atoms with E-state index in [1.54, 1.807) is 0 Å². The van der Waals surface area contributed by atoms with Crippen molar-refractivity contribution in [1.82, 2.24) is 0 Å². The summed E-state index contributed by atoms with van der Waals surface area (Å²) in [6, 6.07) is 3.07. The molecule has 0 amide bonds. The Morgan fingerprint density at radius 2 is 2.15 bits per heavy atom. The van der Waals surface area contributed by atoms with Crippen molar-refractivity contribution in [3.8, 4) is 11.5 Å². The molecule has 5 heteroatoms. The van der Waals surface area contributed by atoms with Gasteiger partial charge in [0.2, 0.25) is 0 Å². The third kappa shape index (κ3) is 2.82. The van der Waals surface area contributed by atoms with Crippen LogP contribution >= 0.6 is 0 Å². The lowest BCUT2D eigenvalue weighted by molar-refractivity contribution is -0.140. The minimum Gasteiger partial charge on any atom is -0.507 e. The minimum absolute atomic E-state index is 0.0499. The molecule has 0 spiro atoms. The molecule has 106 valence electrons. The van der Waals surface area contributed by atoms with E-state index in [1.165, 1.54) is 26.0 Å². The fraction of sp³-hybridized carbons (Fsp3) is 0.333. The number of esters is 1. The lowest BCUT2D eigenvalue weighted by Gasteiger charge is -2.13. The third-order valence-electron chi connectivity index (χ3n) is 3.15. The maximum Gasteiger partial charge on any atom is 0.302 e. The van der Waals surface area contributed by atoms with E-state index in [0.29, 0.717) is 17.7 Å². The van der Waals surface area contributed by atoms with E-state index < -0.39 is 0 Å². The van der Waals surface area contributed by atoms with Crippen LogP contribution in [0.25, 0.3) is 0 Å². The molecule has 1 aliphatic rings. The van der Waals surface area contributed by atoms with Gasteiger partial charge in [-0.3, -0.25) is 9.59 Å². The van der Waals surface area contributed by atoms with Crippen molar-refractivity contribution in [2.45, 2.75) is 26.4 Å². The van der Waals surface area contributed by atoms with Crippen molar-refractivity contribution in [3.05, 3.63) is 35.4 Å². The Hall–Kier alpha value is -2.30. The summed E-state index contributed by atoms with van der Waals surface area (Å²) < 4.78 is 10.6. The minimum atomic E-state index is -0.377. The van der Waals surface area contributed by atoms with Crippen LogP contribution in [0, 0.1) is 0 Å². The maximum atomic E-state index is 11.4. The zero-order valence-electron chi connectivity index (χ0n) is 11.4. The molecule has 1 aliphatic heterocycles. The Morgan fingerprint density at radius 3 is 2.75 bits per heavy atom. The van der Waals surface area contributed by atoms with Gasteiger partial charge in [-0.2, -0.15) is 0 Å². The summed E-state index contributed by atoms with van der Waals surface area (Å²) in [6.45, 7) is 6.65. The molecule has 0 radical (unpaired) electrons. The Morgan fingerprint density at radius 1 is 1.45 bits per heavy atom. The van der Waals surface area contributed by atoms with E-state index in [4.69, 9.17) is 9.47 Å². The predicted molar refractivity (Wildman–Crippen MR) is 72.0 cm³/mol. The molecule has 1 atom stereocenters. The summed E-state index contributed by atoms with van der Waals surface area (Å²) in [6.07, 6.45) is 0.215. The molecule has 5 nitrogen and oxygen atoms in total. The quantitative estimate of drug-likeness (QED) is 0.517. The van der Waals surface area contributed by atoms with Crippen LogP contribution in [-0.2, 0) is 16.0 Å². The van der Waals surface area contributed by atoms with Gasteiger partial charge in [0.05, 0.1) is 5.56 Å². The molecular weight excluding hydrogens is 260 g/mol. The van der Waals surface area contributed by atoms with E-state index in [2.05, 4.69) is 6.58 Å². The topological polar surface area (TPSA) is 72.8 Å². The zero-order chi connectivity index (χ0) is 14.9. The number of hydrogen-bond donors (Lipinski definition) is 1. The van der Waals surface area contributed by atoms with Crippen molar-refractivity contribution in [2.75, 3.05) is 6.61 Å². The summed E-state index contributed by atoms with van der Waals surface area (Å²) in [5.74, 6) is -0.0951. The molecular formula is C15H16O5. The Kier molecular flexibility index (Phi) is 3.79. The van der Waals surface area contributed by atoms with E-state index >= 15 is 0 Å². The lowest BCUT2D eigenvalue weighted by Crippen LogP contribution is -2.20. The van der Waals surface area contributed by atoms with Crippen molar-refractivity contribution in [2.24, 2.45) is 0 Å². The number of phenolic OH excluding ortho intramolecular Hbond substituents is 1. The molecule has 20 heavy (non-hydrogen) atoms. The first-order chi connectivity index (χ1) is 9.38. The molecule has 0 saturated carbocycles. The average molecular weight is 276 g/mol. The normalized spacial score (nSPS) is 16.2. The van der Waals surface area contributed by atoms with Crippen LogP contribution in [-0.4, -0.2) is 29.6 Å². The fourth-order valence-electron chi connectivity index (χ4n) is 2.07. The van der Waals surface area contributed by atoms with Gasteiger partial charge in [0.15, 0.2) is 5.78 Å². The summed E-state index contributed by atoms with van der Waals surface area (Å²) >= 11 is 0. The number of ketones is 1. The van der Waals surface area contributed by atoms with Crippen LogP contribution in [0.4, 0.5) is 0 Å². The number of carbonyl (C=O) groups excluding carboxylic acids is 2. The van der Waals surface area contributed by atoms with Crippen LogP contribution in [0.1, 0.15) is 29.8 Å². The molecule has 1 N–H and O–H groups in total. The van der Waals surface area contributed by atoms with Crippen LogP contribution in [0.2, 0.25) is 0 Å². The molecule has 1 aromatic carbocycles. The first-order valence-corrected chi connectivity index (χ1v) is 6.23. The second-order valence-corrected chi connectivity index (χ2v) is 4.78. The molecule has 0 aliphatic carbocycles. The van der Waals surface area contributed by atoms with Gasteiger partial charge in [-0.05, 0) is 19.1 Å². The van der Waals surface area contributed by atoms with Gasteiger partial charge in [-0.25, -0.2) is 0 Å². The monoisotopic (exact) mass is 276 g/mol.